The van der Waals surface area contributed by atoms with E-state index < -0.39 is 10.7 Å². The monoisotopic (exact) mass is 311 g/mol. The van der Waals surface area contributed by atoms with Crippen molar-refractivity contribution in [3.05, 3.63) is 27.8 Å². The van der Waals surface area contributed by atoms with Gasteiger partial charge in [0.2, 0.25) is 0 Å². The molecule has 8 heteroatoms. The van der Waals surface area contributed by atoms with Crippen LogP contribution in [0.25, 0.3) is 0 Å². The van der Waals surface area contributed by atoms with Crippen molar-refractivity contribution >= 4 is 17.4 Å². The van der Waals surface area contributed by atoms with Crippen LogP contribution in [0.4, 0.5) is 5.69 Å². The van der Waals surface area contributed by atoms with E-state index in [-0.39, 0.29) is 41.7 Å². The molecule has 22 heavy (non-hydrogen) atoms. The lowest BCUT2D eigenvalue weighted by atomic mass is 10.1. The summed E-state index contributed by atoms with van der Waals surface area (Å²) in [6.45, 7) is 1.39. The van der Waals surface area contributed by atoms with Crippen LogP contribution in [0.3, 0.4) is 0 Å². The van der Waals surface area contributed by atoms with E-state index in [1.54, 1.807) is 0 Å². The minimum atomic E-state index is -0.655. The number of carbonyl (C=O) groups is 2. The molecule has 0 radical (unpaired) electrons. The first-order valence-electron chi connectivity index (χ1n) is 6.47. The van der Waals surface area contributed by atoms with Crippen LogP contribution in [0.1, 0.15) is 30.1 Å². The van der Waals surface area contributed by atoms with E-state index in [9.17, 15) is 19.7 Å². The van der Waals surface area contributed by atoms with Crippen LogP contribution >= 0.6 is 0 Å². The fraction of sp³-hybridized carbons (Fsp3) is 0.429. The third-order valence-electron chi connectivity index (χ3n) is 2.87. The molecule has 0 saturated heterocycles. The molecule has 8 nitrogen and oxygen atoms in total. The van der Waals surface area contributed by atoms with Gasteiger partial charge in [-0.1, -0.05) is 0 Å². The fourth-order valence-electron chi connectivity index (χ4n) is 1.76. The van der Waals surface area contributed by atoms with Gasteiger partial charge in [0.05, 0.1) is 37.4 Å². The van der Waals surface area contributed by atoms with Crippen molar-refractivity contribution in [2.45, 2.75) is 19.8 Å². The van der Waals surface area contributed by atoms with E-state index in [1.165, 1.54) is 27.2 Å². The van der Waals surface area contributed by atoms with E-state index in [2.05, 4.69) is 4.74 Å². The summed E-state index contributed by atoms with van der Waals surface area (Å²) in [4.78, 5) is 32.8. The number of ketones is 1. The van der Waals surface area contributed by atoms with Crippen LogP contribution in [-0.2, 0) is 9.53 Å². The molecule has 0 aliphatic rings. The molecule has 0 amide bonds. The summed E-state index contributed by atoms with van der Waals surface area (Å²) in [5, 5.41) is 11.0. The van der Waals surface area contributed by atoms with Gasteiger partial charge >= 0.3 is 5.97 Å². The quantitative estimate of drug-likeness (QED) is 0.238. The summed E-state index contributed by atoms with van der Waals surface area (Å²) < 4.78 is 15.0. The van der Waals surface area contributed by atoms with Crippen molar-refractivity contribution in [3.8, 4) is 11.5 Å². The highest BCUT2D eigenvalue weighted by atomic mass is 16.6. The van der Waals surface area contributed by atoms with Gasteiger partial charge in [-0.15, -0.1) is 0 Å². The Balaban J connectivity index is 2.94. The zero-order valence-corrected chi connectivity index (χ0v) is 12.6. The second-order valence-corrected chi connectivity index (χ2v) is 4.36. The average molecular weight is 311 g/mol. The summed E-state index contributed by atoms with van der Waals surface area (Å²) in [7, 11) is 2.66. The van der Waals surface area contributed by atoms with Gasteiger partial charge in [0.1, 0.15) is 0 Å². The Kier molecular flexibility index (Phi) is 6.30. The molecule has 1 rings (SSSR count). The zero-order valence-electron chi connectivity index (χ0n) is 12.6. The number of carbonyl (C=O) groups excluding carboxylic acids is 2. The van der Waals surface area contributed by atoms with E-state index in [1.807, 2.05) is 0 Å². The highest BCUT2D eigenvalue weighted by molar-refractivity contribution is 5.98. The Hall–Kier alpha value is -2.64. The maximum absolute atomic E-state index is 11.5. The average Bonchev–Trinajstić information content (AvgIpc) is 2.50. The molecule has 0 fully saturated rings. The number of methoxy groups -OCH3 is 2. The van der Waals surface area contributed by atoms with Gasteiger partial charge < -0.3 is 14.2 Å². The number of Topliss-reactive ketones (excluding diaryl/α,β-unsaturated/α-hetero) is 1. The topological polar surface area (TPSA) is 105 Å². The summed E-state index contributed by atoms with van der Waals surface area (Å²) in [5.41, 5.74) is -0.403. The lowest BCUT2D eigenvalue weighted by molar-refractivity contribution is -0.385. The fourth-order valence-corrected chi connectivity index (χ4v) is 1.76. The van der Waals surface area contributed by atoms with Crippen molar-refractivity contribution in [2.24, 2.45) is 0 Å². The standard InChI is InChI=1S/C14H17NO7/c1-9(16)10-7-12(20-2)13(8-11(10)15(18)19)22-6-4-5-14(17)21-3/h7-8H,4-6H2,1-3H3. The maximum Gasteiger partial charge on any atom is 0.305 e. The number of ether oxygens (including phenoxy) is 3. The van der Waals surface area contributed by atoms with Gasteiger partial charge in [-0.3, -0.25) is 19.7 Å². The Morgan fingerprint density at radius 3 is 2.41 bits per heavy atom. The Morgan fingerprint density at radius 2 is 1.91 bits per heavy atom. The second kappa shape index (κ2) is 7.96. The molecule has 0 atom stereocenters. The van der Waals surface area contributed by atoms with Crippen molar-refractivity contribution < 1.29 is 28.7 Å². The highest BCUT2D eigenvalue weighted by Crippen LogP contribution is 2.35. The van der Waals surface area contributed by atoms with E-state index in [0.717, 1.165) is 6.07 Å². The lowest BCUT2D eigenvalue weighted by Gasteiger charge is -2.11. The number of nitro groups is 1. The summed E-state index contributed by atoms with van der Waals surface area (Å²) >= 11 is 0. The number of hydrogen-bond acceptors (Lipinski definition) is 7. The molecule has 0 spiro atoms. The molecule has 0 bridgehead atoms. The third-order valence-corrected chi connectivity index (χ3v) is 2.87. The van der Waals surface area contributed by atoms with Crippen molar-refractivity contribution in [2.75, 3.05) is 20.8 Å². The molecule has 0 N–H and O–H groups in total. The van der Waals surface area contributed by atoms with Gasteiger partial charge in [-0.2, -0.15) is 0 Å². The number of rotatable bonds is 8. The van der Waals surface area contributed by atoms with E-state index in [4.69, 9.17) is 9.47 Å². The molecule has 0 heterocycles. The molecule has 1 aromatic rings. The molecule has 1 aromatic carbocycles. The van der Waals surface area contributed by atoms with Gasteiger partial charge in [-0.05, 0) is 13.3 Å². The van der Waals surface area contributed by atoms with Crippen molar-refractivity contribution in [1.82, 2.24) is 0 Å². The van der Waals surface area contributed by atoms with Gasteiger partial charge in [0, 0.05) is 12.5 Å². The van der Waals surface area contributed by atoms with Crippen molar-refractivity contribution in [1.29, 1.82) is 0 Å². The molecule has 0 aliphatic carbocycles. The highest BCUT2D eigenvalue weighted by Gasteiger charge is 2.22. The number of nitro benzene ring substituents is 1. The Morgan fingerprint density at radius 1 is 1.23 bits per heavy atom. The molecule has 120 valence electrons. The van der Waals surface area contributed by atoms with Crippen LogP contribution in [0.15, 0.2) is 12.1 Å². The zero-order chi connectivity index (χ0) is 16.7. The SMILES string of the molecule is COC(=O)CCCOc1cc([N+](=O)[O-])c(C(C)=O)cc1OC. The summed E-state index contributed by atoms with van der Waals surface area (Å²) in [5.74, 6) is -0.450. The molecule has 0 aliphatic heterocycles. The van der Waals surface area contributed by atoms with Gasteiger partial charge in [0.25, 0.3) is 5.69 Å². The van der Waals surface area contributed by atoms with E-state index >= 15 is 0 Å². The van der Waals surface area contributed by atoms with Gasteiger partial charge in [-0.25, -0.2) is 0 Å². The first kappa shape index (κ1) is 17.4. The van der Waals surface area contributed by atoms with Crippen LogP contribution in [-0.4, -0.2) is 37.5 Å². The number of nitrogens with zero attached hydrogens (tertiary/aromatic N) is 1. The third kappa shape index (κ3) is 4.44. The molecule has 0 saturated carbocycles. The summed E-state index contributed by atoms with van der Waals surface area (Å²) in [6, 6.07) is 2.42. The number of esters is 1. The Labute approximate surface area is 127 Å². The second-order valence-electron chi connectivity index (χ2n) is 4.36. The Bertz CT molecular complexity index is 583. The normalized spacial score (nSPS) is 9.95. The van der Waals surface area contributed by atoms with Crippen LogP contribution in [0.2, 0.25) is 0 Å². The predicted molar refractivity (Wildman–Crippen MR) is 76.4 cm³/mol. The minimum absolute atomic E-state index is 0.0521. The number of benzene rings is 1. The number of hydrogen-bond donors (Lipinski definition) is 0. The first-order chi connectivity index (χ1) is 10.4. The van der Waals surface area contributed by atoms with Crippen LogP contribution in [0, 0.1) is 10.1 Å². The molecular formula is C14H17NO7. The molecule has 0 aromatic heterocycles. The lowest BCUT2D eigenvalue weighted by Crippen LogP contribution is -2.07. The molecular weight excluding hydrogens is 294 g/mol. The van der Waals surface area contributed by atoms with Crippen LogP contribution < -0.4 is 9.47 Å². The summed E-state index contributed by atoms with van der Waals surface area (Å²) in [6.07, 6.45) is 0.560. The first-order valence-corrected chi connectivity index (χ1v) is 6.47. The largest absolute Gasteiger partial charge is 0.493 e. The maximum atomic E-state index is 11.5. The van der Waals surface area contributed by atoms with E-state index in [0.29, 0.717) is 6.42 Å². The van der Waals surface area contributed by atoms with Crippen molar-refractivity contribution in [3.63, 3.8) is 0 Å². The van der Waals surface area contributed by atoms with Gasteiger partial charge in [0.15, 0.2) is 17.3 Å². The minimum Gasteiger partial charge on any atom is -0.493 e. The van der Waals surface area contributed by atoms with Crippen LogP contribution in [0.5, 0.6) is 11.5 Å². The molecule has 0 unspecified atom stereocenters. The predicted octanol–water partition coefficient (Wildman–Crippen LogP) is 2.14. The smallest absolute Gasteiger partial charge is 0.305 e.